The van der Waals surface area contributed by atoms with E-state index >= 15 is 0 Å². The lowest BCUT2D eigenvalue weighted by Gasteiger charge is -2.44. The Morgan fingerprint density at radius 2 is 0.593 bits per heavy atom. The fourth-order valence-electron chi connectivity index (χ4n) is 26.5. The maximum absolute atomic E-state index is 4.75. The monoisotopic (exact) mass is 1860 g/mol. The molecule has 5 unspecified atom stereocenters. The van der Waals surface area contributed by atoms with Crippen LogP contribution in [-0.2, 0) is 0 Å². The number of allylic oxidation sites excluding steroid dienone is 6. The van der Waals surface area contributed by atoms with Crippen molar-refractivity contribution in [2.75, 3.05) is 19.6 Å². The maximum atomic E-state index is 4.75. The number of rotatable bonds is 0. The van der Waals surface area contributed by atoms with Gasteiger partial charge in [0.25, 0.3) is 0 Å². The van der Waals surface area contributed by atoms with Gasteiger partial charge in [0.2, 0.25) is 0 Å². The molecule has 4 N–H and O–H groups in total. The van der Waals surface area contributed by atoms with E-state index in [-0.39, 0.29) is 36.3 Å². The van der Waals surface area contributed by atoms with E-state index in [9.17, 15) is 0 Å². The van der Waals surface area contributed by atoms with Gasteiger partial charge < -0.3 is 58.1 Å². The minimum Gasteiger partial charge on any atom is -0.367 e. The van der Waals surface area contributed by atoms with Crippen LogP contribution in [-0.4, -0.2) is 62.1 Å². The molecule has 0 saturated carbocycles. The number of nitrogens with zero attached hydrogens (tertiary/aromatic N) is 12. The third-order valence-corrected chi connectivity index (χ3v) is 32.2. The second-order valence-corrected chi connectivity index (χ2v) is 39.2. The number of H-pyrrole nitrogens is 4. The molecule has 16 nitrogen and oxygen atoms in total. The number of aromatic amines is 4. The first-order valence-corrected chi connectivity index (χ1v) is 50.4. The molecule has 7 aromatic heterocycles. The lowest BCUT2D eigenvalue weighted by molar-refractivity contribution is 0.344. The third kappa shape index (κ3) is 11.8. The molecule has 688 valence electrons. The minimum atomic E-state index is 0.167. The zero-order valence-electron chi connectivity index (χ0n) is 78.9. The highest BCUT2D eigenvalue weighted by Gasteiger charge is 2.49. The zero-order chi connectivity index (χ0) is 94.7. The number of anilines is 8. The minimum absolute atomic E-state index is 0.167. The molecule has 16 aliphatic rings. The summed E-state index contributed by atoms with van der Waals surface area (Å²) in [5.74, 6) is 2.17. The van der Waals surface area contributed by atoms with E-state index in [1.807, 2.05) is 12.4 Å². The van der Waals surface area contributed by atoms with Gasteiger partial charge in [-0.05, 0) is 171 Å². The molecular weight excluding hydrogens is 1770 g/mol. The predicted molar refractivity (Wildman–Crippen MR) is 584 cm³/mol. The number of benzene rings is 13. The molecule has 145 heavy (non-hydrogen) atoms. The average molecular weight is 1870 g/mol. The van der Waals surface area contributed by atoms with Crippen molar-refractivity contribution in [1.82, 2.24) is 43.4 Å². The van der Waals surface area contributed by atoms with Gasteiger partial charge in [-0.3, -0.25) is 9.89 Å². The fourth-order valence-corrected chi connectivity index (χ4v) is 26.5. The number of aliphatic imine (C=N–C) groups is 3. The van der Waals surface area contributed by atoms with Crippen LogP contribution in [0.3, 0.4) is 0 Å². The van der Waals surface area contributed by atoms with Crippen LogP contribution in [0.2, 0.25) is 0 Å². The number of hydrogen-bond donors (Lipinski definition) is 4. The van der Waals surface area contributed by atoms with Crippen LogP contribution >= 0.6 is 0 Å². The number of para-hydroxylation sites is 11. The van der Waals surface area contributed by atoms with Crippen molar-refractivity contribution in [2.45, 2.75) is 61.9 Å². The molecule has 36 rings (SSSR count). The van der Waals surface area contributed by atoms with Gasteiger partial charge in [-0.15, -0.1) is 0 Å². The van der Waals surface area contributed by atoms with Gasteiger partial charge in [0, 0.05) is 183 Å². The number of nitrogens with one attached hydrogen (secondary N) is 4. The number of fused-ring (bicyclic) bond motifs is 62. The molecule has 5 atom stereocenters. The third-order valence-electron chi connectivity index (χ3n) is 32.2. The van der Waals surface area contributed by atoms with Gasteiger partial charge in [-0.25, -0.2) is 9.98 Å². The Bertz CT molecular complexity index is 8280. The Kier molecular flexibility index (Phi) is 17.9. The van der Waals surface area contributed by atoms with E-state index in [2.05, 4.69) is 501 Å². The van der Waals surface area contributed by atoms with E-state index in [0.717, 1.165) is 37.3 Å². The van der Waals surface area contributed by atoms with Crippen molar-refractivity contribution >= 4 is 86.6 Å². The van der Waals surface area contributed by atoms with Gasteiger partial charge in [0.15, 0.2) is 0 Å². The van der Waals surface area contributed by atoms with Gasteiger partial charge in [-0.2, -0.15) is 0 Å². The topological polar surface area (TPSA) is 134 Å². The van der Waals surface area contributed by atoms with Crippen LogP contribution in [0.15, 0.2) is 470 Å². The molecule has 0 fully saturated rings. The first kappa shape index (κ1) is 81.2. The van der Waals surface area contributed by atoms with Gasteiger partial charge in [-0.1, -0.05) is 261 Å². The molecule has 1 aliphatic carbocycles. The van der Waals surface area contributed by atoms with E-state index in [1.165, 1.54) is 242 Å². The molecule has 0 spiro atoms. The van der Waals surface area contributed by atoms with E-state index in [0.29, 0.717) is 0 Å². The van der Waals surface area contributed by atoms with Crippen LogP contribution in [0.25, 0.3) is 95.4 Å². The van der Waals surface area contributed by atoms with Gasteiger partial charge in [0.05, 0.1) is 121 Å². The molecule has 0 bridgehead atoms. The van der Waals surface area contributed by atoms with Crippen LogP contribution in [0.5, 0.6) is 0 Å². The summed E-state index contributed by atoms with van der Waals surface area (Å²) in [6.45, 7) is 0. The van der Waals surface area contributed by atoms with E-state index in [1.54, 1.807) is 0 Å². The summed E-state index contributed by atoms with van der Waals surface area (Å²) in [4.78, 5) is 42.9. The summed E-state index contributed by atoms with van der Waals surface area (Å²) < 4.78 is 6.96. The Labute approximate surface area is 838 Å². The Balaban J connectivity index is 0.0000000792. The standard InChI is InChI=1S/C23H16N2.C22H16N2.4C21H15N3/c1-2-9-17-15(7-1)16-8-3-5-11-20(16)25-21-12-6-4-10-18(21)22-19(23(17)25)13-14-24-22;1-3-8-17-14(6-1)15-10-5-11-19(15)24-20-12-13-23-21(20)16-7-2-4-9-18(16)22(17)24;1-3-7-15-13(5-1)17-9-11-22-20(17)24-19(15)16-8-4-2-6-14(16)18-10-12-23-21(18)24;1-2-7-16-14(6-1)20-15(11-12-22-20)21-19-10-5-13-23(19)17-8-3-4-9-18(17)24(16)21;1-2-7-16-14(6-1)15-11-12-22-20(15)21-19-10-5-13-23(19)17-8-3-4-9-18(17)24(16)21;1-2-7-17-14(6-1)15-12-22-13-16(15)21-20-10-5-11-23(20)18-8-3-4-9-19(18)24(17)21/h1-14,23-24H;1-10,13,22H,11-12H2;1-8,11-12,19H,9-10H2;3*1-13,21-22H. The van der Waals surface area contributed by atoms with Gasteiger partial charge in [0.1, 0.15) is 29.8 Å². The van der Waals surface area contributed by atoms with Gasteiger partial charge >= 0.3 is 0 Å². The van der Waals surface area contributed by atoms with E-state index in [4.69, 9.17) is 15.0 Å². The SMILES string of the molecule is C1=CC2=C(C1)N1C3=C(N=CC3)c3ccccc3C1c1ccccc12.C1=NC2=C(C1)c1ccccc1C1c3ccccc3C3=C(N=CC3)N21.c1ccc2c(c1)-c1[nH]ccc1C1c3cccn3-c3ccccc3N21.c1ccc2c(c1)-c1c[nH]cc1C1c3cccn3-c3ccccc3N21.c1ccc2c(c1)-c1cc[nH]c1C1c3cccn3-c3ccccc3N21.c1ccc2c(c1)-c1ccccc1N1c3ccccc3-c3[nH]ccc3C21. The highest BCUT2D eigenvalue weighted by atomic mass is 15.3. The van der Waals surface area contributed by atoms with Crippen LogP contribution in [0.4, 0.5) is 45.5 Å². The second kappa shape index (κ2) is 31.9. The molecule has 0 amide bonds. The lowest BCUT2D eigenvalue weighted by Crippen LogP contribution is -2.35. The molecule has 0 saturated heterocycles. The summed E-state index contributed by atoms with van der Waals surface area (Å²) in [6.07, 6.45) is 31.4. The number of aromatic nitrogens is 7. The fraction of sp³-hybridized carbons (Fsp3) is 0.0775. The first-order chi connectivity index (χ1) is 72.1. The van der Waals surface area contributed by atoms with Crippen LogP contribution in [0.1, 0.15) is 151 Å². The summed E-state index contributed by atoms with van der Waals surface area (Å²) in [5.41, 5.74) is 56.2. The predicted octanol–water partition coefficient (Wildman–Crippen LogP) is 30.3. The van der Waals surface area contributed by atoms with Crippen LogP contribution < -0.4 is 19.6 Å². The van der Waals surface area contributed by atoms with Crippen LogP contribution in [0, 0.1) is 0 Å². The highest BCUT2D eigenvalue weighted by Crippen LogP contribution is 2.63. The molecule has 22 heterocycles. The Morgan fingerprint density at radius 3 is 1.12 bits per heavy atom. The van der Waals surface area contributed by atoms with Crippen molar-refractivity contribution in [3.05, 3.63) is 544 Å². The normalized spacial score (nSPS) is 18.1. The molecule has 15 aliphatic heterocycles. The summed E-state index contributed by atoms with van der Waals surface area (Å²) in [7, 11) is 0. The average Bonchev–Trinajstić information content (AvgIpc) is 1.73. The smallest absolute Gasteiger partial charge is 0.138 e. The molecule has 20 aromatic rings. The van der Waals surface area contributed by atoms with E-state index < -0.39 is 0 Å². The van der Waals surface area contributed by atoms with Crippen molar-refractivity contribution in [2.24, 2.45) is 15.0 Å². The quantitative estimate of drug-likeness (QED) is 0.119. The second-order valence-electron chi connectivity index (χ2n) is 39.2. The van der Waals surface area contributed by atoms with Crippen molar-refractivity contribution in [3.8, 4) is 73.0 Å². The molecular formula is C129H92N16. The summed E-state index contributed by atoms with van der Waals surface area (Å²) in [5, 5.41) is 0. The summed E-state index contributed by atoms with van der Waals surface area (Å²) >= 11 is 0. The molecule has 16 heteroatoms. The highest BCUT2D eigenvalue weighted by molar-refractivity contribution is 6.01. The maximum Gasteiger partial charge on any atom is 0.138 e. The first-order valence-electron chi connectivity index (χ1n) is 50.4. The van der Waals surface area contributed by atoms with Crippen molar-refractivity contribution in [3.63, 3.8) is 0 Å². The Morgan fingerprint density at radius 1 is 0.228 bits per heavy atom. The van der Waals surface area contributed by atoms with Crippen molar-refractivity contribution in [1.29, 1.82) is 0 Å². The molecule has 13 aromatic carbocycles. The Hall–Kier alpha value is -18.7. The number of hydrogen-bond acceptors (Lipinski definition) is 9. The molecule has 0 radical (unpaired) electrons. The zero-order valence-corrected chi connectivity index (χ0v) is 78.9. The largest absolute Gasteiger partial charge is 0.367 e. The van der Waals surface area contributed by atoms with Crippen molar-refractivity contribution < 1.29 is 0 Å². The summed E-state index contributed by atoms with van der Waals surface area (Å²) in [6, 6.07) is 134. The lowest BCUT2D eigenvalue weighted by atomic mass is 9.80.